The summed E-state index contributed by atoms with van der Waals surface area (Å²) in [5.74, 6) is 0.362. The van der Waals surface area contributed by atoms with Gasteiger partial charge < -0.3 is 5.32 Å². The molecular formula is C17H26Cl3FN2. The van der Waals surface area contributed by atoms with Crippen LogP contribution in [-0.4, -0.2) is 31.1 Å². The highest BCUT2D eigenvalue weighted by atomic mass is 35.5. The molecule has 0 unspecified atom stereocenters. The number of nitrogens with zero attached hydrogens (tertiary/aromatic N) is 1. The largest absolute Gasteiger partial charge is 0.314 e. The first-order valence-corrected chi connectivity index (χ1v) is 8.53. The molecule has 132 valence electrons. The van der Waals surface area contributed by atoms with Crippen LogP contribution in [0.3, 0.4) is 0 Å². The summed E-state index contributed by atoms with van der Waals surface area (Å²) in [6.07, 6.45) is 6.56. The second-order valence-corrected chi connectivity index (χ2v) is 6.71. The highest BCUT2D eigenvalue weighted by Crippen LogP contribution is 2.39. The van der Waals surface area contributed by atoms with Crippen molar-refractivity contribution in [3.8, 4) is 0 Å². The summed E-state index contributed by atoms with van der Waals surface area (Å²) in [6, 6.07) is 5.70. The molecule has 2 nitrogen and oxygen atoms in total. The zero-order valence-corrected chi connectivity index (χ0v) is 15.7. The standard InChI is InChI=1S/C17H24ClFN2.2ClH/c18-15-12-14(6-7-16(15)19)17(13-4-2-1-3-5-13)21-10-8-20-9-11-21;;/h6-7,12-13,17,20H,1-5,8-11H2;2*1H/t17-;;/m0../s1. The molecule has 3 rings (SSSR count). The van der Waals surface area contributed by atoms with E-state index in [0.717, 1.165) is 26.2 Å². The summed E-state index contributed by atoms with van der Waals surface area (Å²) in [6.45, 7) is 4.21. The molecule has 2 fully saturated rings. The lowest BCUT2D eigenvalue weighted by Crippen LogP contribution is -2.47. The van der Waals surface area contributed by atoms with Crippen LogP contribution < -0.4 is 5.32 Å². The lowest BCUT2D eigenvalue weighted by Gasteiger charge is -2.41. The number of halogens is 4. The molecule has 1 aromatic carbocycles. The molecule has 1 saturated carbocycles. The Labute approximate surface area is 156 Å². The smallest absolute Gasteiger partial charge is 0.141 e. The van der Waals surface area contributed by atoms with Crippen LogP contribution in [0.15, 0.2) is 18.2 Å². The van der Waals surface area contributed by atoms with Gasteiger partial charge in [0.15, 0.2) is 0 Å². The molecule has 0 aromatic heterocycles. The minimum atomic E-state index is -0.317. The molecule has 0 amide bonds. The van der Waals surface area contributed by atoms with Crippen molar-refractivity contribution in [3.05, 3.63) is 34.6 Å². The van der Waals surface area contributed by atoms with Crippen molar-refractivity contribution in [3.63, 3.8) is 0 Å². The van der Waals surface area contributed by atoms with Gasteiger partial charge in [0.25, 0.3) is 0 Å². The van der Waals surface area contributed by atoms with E-state index in [4.69, 9.17) is 11.6 Å². The van der Waals surface area contributed by atoms with E-state index in [2.05, 4.69) is 10.2 Å². The first-order valence-electron chi connectivity index (χ1n) is 8.15. The first kappa shape index (κ1) is 21.0. The van der Waals surface area contributed by atoms with E-state index in [1.165, 1.54) is 43.7 Å². The Morgan fingerprint density at radius 3 is 2.35 bits per heavy atom. The van der Waals surface area contributed by atoms with Crippen molar-refractivity contribution < 1.29 is 4.39 Å². The molecule has 1 heterocycles. The summed E-state index contributed by atoms with van der Waals surface area (Å²) >= 11 is 6.03. The van der Waals surface area contributed by atoms with Gasteiger partial charge in [0.05, 0.1) is 5.02 Å². The minimum absolute atomic E-state index is 0. The Hall–Kier alpha value is -0.0600. The molecule has 1 aliphatic heterocycles. The van der Waals surface area contributed by atoms with Crippen LogP contribution in [0.25, 0.3) is 0 Å². The monoisotopic (exact) mass is 382 g/mol. The number of hydrogen-bond acceptors (Lipinski definition) is 2. The van der Waals surface area contributed by atoms with Gasteiger partial charge in [-0.3, -0.25) is 4.90 Å². The van der Waals surface area contributed by atoms with E-state index in [9.17, 15) is 4.39 Å². The van der Waals surface area contributed by atoms with Gasteiger partial charge in [0.1, 0.15) is 5.82 Å². The van der Waals surface area contributed by atoms with E-state index in [1.54, 1.807) is 0 Å². The maximum Gasteiger partial charge on any atom is 0.141 e. The zero-order chi connectivity index (χ0) is 14.7. The van der Waals surface area contributed by atoms with Crippen LogP contribution >= 0.6 is 36.4 Å². The SMILES string of the molecule is Cl.Cl.Fc1ccc([C@H](C2CCCCC2)N2CCNCC2)cc1Cl. The molecule has 0 radical (unpaired) electrons. The maximum absolute atomic E-state index is 13.5. The van der Waals surface area contributed by atoms with Gasteiger partial charge in [-0.2, -0.15) is 0 Å². The normalized spacial score (nSPS) is 21.1. The van der Waals surface area contributed by atoms with Crippen LogP contribution in [-0.2, 0) is 0 Å². The fraction of sp³-hybridized carbons (Fsp3) is 0.647. The van der Waals surface area contributed by atoms with Gasteiger partial charge in [0.2, 0.25) is 0 Å². The van der Waals surface area contributed by atoms with Crippen molar-refractivity contribution in [2.75, 3.05) is 26.2 Å². The minimum Gasteiger partial charge on any atom is -0.314 e. The van der Waals surface area contributed by atoms with Gasteiger partial charge in [0, 0.05) is 32.2 Å². The van der Waals surface area contributed by atoms with Crippen molar-refractivity contribution >= 4 is 36.4 Å². The lowest BCUT2D eigenvalue weighted by atomic mass is 9.80. The summed E-state index contributed by atoms with van der Waals surface area (Å²) in [4.78, 5) is 2.57. The highest BCUT2D eigenvalue weighted by Gasteiger charge is 2.31. The van der Waals surface area contributed by atoms with Crippen molar-refractivity contribution in [2.45, 2.75) is 38.1 Å². The molecule has 6 heteroatoms. The zero-order valence-electron chi connectivity index (χ0n) is 13.3. The van der Waals surface area contributed by atoms with Gasteiger partial charge in [-0.1, -0.05) is 36.9 Å². The third-order valence-electron chi connectivity index (χ3n) is 4.93. The predicted molar refractivity (Wildman–Crippen MR) is 99.7 cm³/mol. The fourth-order valence-electron chi connectivity index (χ4n) is 3.89. The predicted octanol–water partition coefficient (Wildman–Crippen LogP) is 4.85. The fourth-order valence-corrected chi connectivity index (χ4v) is 4.08. The van der Waals surface area contributed by atoms with Gasteiger partial charge in [-0.25, -0.2) is 4.39 Å². The van der Waals surface area contributed by atoms with Crippen LogP contribution in [0.2, 0.25) is 5.02 Å². The lowest BCUT2D eigenvalue weighted by molar-refractivity contribution is 0.103. The Bertz CT molecular complexity index is 457. The highest BCUT2D eigenvalue weighted by molar-refractivity contribution is 6.30. The van der Waals surface area contributed by atoms with E-state index < -0.39 is 0 Å². The van der Waals surface area contributed by atoms with Crippen molar-refractivity contribution in [1.29, 1.82) is 0 Å². The summed E-state index contributed by atoms with van der Waals surface area (Å²) in [5, 5.41) is 3.67. The summed E-state index contributed by atoms with van der Waals surface area (Å²) < 4.78 is 13.5. The molecule has 1 aromatic rings. The number of rotatable bonds is 3. The molecule has 1 saturated heterocycles. The van der Waals surface area contributed by atoms with Crippen LogP contribution in [0.5, 0.6) is 0 Å². The molecule has 1 atom stereocenters. The third-order valence-corrected chi connectivity index (χ3v) is 5.22. The Kier molecular flexibility index (Phi) is 9.17. The van der Waals surface area contributed by atoms with Gasteiger partial charge in [-0.15, -0.1) is 24.8 Å². The van der Waals surface area contributed by atoms with Crippen molar-refractivity contribution in [1.82, 2.24) is 10.2 Å². The average Bonchev–Trinajstić information content (AvgIpc) is 2.53. The average molecular weight is 384 g/mol. The second kappa shape index (κ2) is 10.0. The maximum atomic E-state index is 13.5. The van der Waals surface area contributed by atoms with Crippen LogP contribution in [0, 0.1) is 11.7 Å². The van der Waals surface area contributed by atoms with E-state index in [0.29, 0.717) is 12.0 Å². The number of hydrogen-bond donors (Lipinski definition) is 1. The molecule has 23 heavy (non-hydrogen) atoms. The number of benzene rings is 1. The summed E-state index contributed by atoms with van der Waals surface area (Å²) in [7, 11) is 0. The summed E-state index contributed by atoms with van der Waals surface area (Å²) in [5.41, 5.74) is 1.19. The van der Waals surface area contributed by atoms with Gasteiger partial charge >= 0.3 is 0 Å². The Morgan fingerprint density at radius 2 is 1.74 bits per heavy atom. The van der Waals surface area contributed by atoms with Crippen LogP contribution in [0.4, 0.5) is 4.39 Å². The number of nitrogens with one attached hydrogen (secondary N) is 1. The van der Waals surface area contributed by atoms with Crippen molar-refractivity contribution in [2.24, 2.45) is 5.92 Å². The van der Waals surface area contributed by atoms with E-state index in [1.807, 2.05) is 12.1 Å². The molecule has 0 bridgehead atoms. The Morgan fingerprint density at radius 1 is 1.09 bits per heavy atom. The van der Waals surface area contributed by atoms with E-state index >= 15 is 0 Å². The molecule has 2 aliphatic rings. The number of piperazine rings is 1. The second-order valence-electron chi connectivity index (χ2n) is 6.30. The topological polar surface area (TPSA) is 15.3 Å². The van der Waals surface area contributed by atoms with Crippen LogP contribution in [0.1, 0.15) is 43.7 Å². The first-order chi connectivity index (χ1) is 10.3. The molecule has 0 spiro atoms. The quantitative estimate of drug-likeness (QED) is 0.802. The Balaban J connectivity index is 0.00000132. The van der Waals surface area contributed by atoms with Gasteiger partial charge in [-0.05, 0) is 36.5 Å². The third kappa shape index (κ3) is 5.20. The molecule has 1 aliphatic carbocycles. The van der Waals surface area contributed by atoms with E-state index in [-0.39, 0.29) is 35.7 Å². The molecule has 1 N–H and O–H groups in total. The molecular weight excluding hydrogens is 358 g/mol.